The van der Waals surface area contributed by atoms with Crippen molar-refractivity contribution in [3.05, 3.63) is 0 Å². The molecule has 0 aromatic carbocycles. The number of ketones is 1. The van der Waals surface area contributed by atoms with Crippen molar-refractivity contribution in [1.29, 1.82) is 0 Å². The van der Waals surface area contributed by atoms with Crippen molar-refractivity contribution < 1.29 is 9.59 Å². The average Bonchev–Trinajstić information content (AvgIpc) is 2.12. The van der Waals surface area contributed by atoms with Gasteiger partial charge in [-0.2, -0.15) is 11.8 Å². The van der Waals surface area contributed by atoms with Crippen molar-refractivity contribution in [3.8, 4) is 0 Å². The first kappa shape index (κ1) is 17.4. The van der Waals surface area contributed by atoms with E-state index in [-0.39, 0.29) is 22.6 Å². The maximum absolute atomic E-state index is 11.7. The molecule has 0 aromatic heterocycles. The summed E-state index contributed by atoms with van der Waals surface area (Å²) in [7, 11) is 0. The van der Waals surface area contributed by atoms with Crippen LogP contribution in [0.3, 0.4) is 0 Å². The summed E-state index contributed by atoms with van der Waals surface area (Å²) in [6.07, 6.45) is 0. The summed E-state index contributed by atoms with van der Waals surface area (Å²) in [5.41, 5.74) is 4.85. The van der Waals surface area contributed by atoms with Gasteiger partial charge in [0, 0.05) is 16.7 Å². The van der Waals surface area contributed by atoms with Crippen LogP contribution in [0.15, 0.2) is 0 Å². The van der Waals surface area contributed by atoms with Crippen LogP contribution in [-0.2, 0) is 9.59 Å². The number of carbonyl (C=O) groups excluding carboxylic acids is 2. The third-order valence-electron chi connectivity index (χ3n) is 2.30. The topological polar surface area (TPSA) is 72.2 Å². The zero-order valence-corrected chi connectivity index (χ0v) is 13.1. The third kappa shape index (κ3) is 7.71. The van der Waals surface area contributed by atoms with Gasteiger partial charge in [0.05, 0.1) is 11.8 Å². The summed E-state index contributed by atoms with van der Waals surface area (Å²) in [5.74, 6) is 0.750. The summed E-state index contributed by atoms with van der Waals surface area (Å²) < 4.78 is 0. The second-order valence-corrected chi connectivity index (χ2v) is 7.57. The highest BCUT2D eigenvalue weighted by molar-refractivity contribution is 8.00. The Kier molecular flexibility index (Phi) is 6.37. The molecule has 1 atom stereocenters. The van der Waals surface area contributed by atoms with Gasteiger partial charge in [0.2, 0.25) is 5.91 Å². The van der Waals surface area contributed by atoms with Gasteiger partial charge in [0.15, 0.2) is 0 Å². The van der Waals surface area contributed by atoms with E-state index in [9.17, 15) is 9.59 Å². The van der Waals surface area contributed by atoms with E-state index in [1.54, 1.807) is 0 Å². The standard InChI is InChI=1S/C13H26N2O2S/c1-12(2,3)10(16)8-18-7-9(11(14)17)15-13(4,5)6/h9,15H,7-8H2,1-6H3,(H2,14,17)/t9-/m1/s1. The fourth-order valence-corrected chi connectivity index (χ4v) is 2.42. The lowest BCUT2D eigenvalue weighted by atomic mass is 9.92. The normalized spacial score (nSPS) is 14.3. The van der Waals surface area contributed by atoms with Crippen molar-refractivity contribution in [2.45, 2.75) is 53.1 Å². The number of nitrogens with two attached hydrogens (primary N) is 1. The molecule has 106 valence electrons. The van der Waals surface area contributed by atoms with Gasteiger partial charge in [-0.1, -0.05) is 20.8 Å². The molecule has 0 aliphatic rings. The number of hydrogen-bond acceptors (Lipinski definition) is 4. The van der Waals surface area contributed by atoms with Gasteiger partial charge in [-0.25, -0.2) is 0 Å². The first-order chi connectivity index (χ1) is 7.93. The lowest BCUT2D eigenvalue weighted by molar-refractivity contribution is -0.123. The molecule has 0 saturated carbocycles. The van der Waals surface area contributed by atoms with E-state index in [2.05, 4.69) is 5.32 Å². The largest absolute Gasteiger partial charge is 0.368 e. The number of rotatable bonds is 6. The van der Waals surface area contributed by atoms with Crippen LogP contribution < -0.4 is 11.1 Å². The second kappa shape index (κ2) is 6.57. The molecule has 0 bridgehead atoms. The molecule has 0 unspecified atom stereocenters. The molecule has 0 spiro atoms. The summed E-state index contributed by atoms with van der Waals surface area (Å²) >= 11 is 1.45. The lowest BCUT2D eigenvalue weighted by Gasteiger charge is -2.26. The minimum absolute atomic E-state index is 0.172. The smallest absolute Gasteiger partial charge is 0.235 e. The SMILES string of the molecule is CC(C)(C)N[C@H](CSCC(=O)C(C)(C)C)C(N)=O. The van der Waals surface area contributed by atoms with Crippen LogP contribution in [0, 0.1) is 5.41 Å². The van der Waals surface area contributed by atoms with E-state index in [4.69, 9.17) is 5.73 Å². The Bertz CT molecular complexity index is 303. The highest BCUT2D eigenvalue weighted by atomic mass is 32.2. The molecule has 0 fully saturated rings. The summed E-state index contributed by atoms with van der Waals surface area (Å²) in [4.78, 5) is 23.1. The Labute approximate surface area is 114 Å². The first-order valence-electron chi connectivity index (χ1n) is 6.11. The van der Waals surface area contributed by atoms with E-state index >= 15 is 0 Å². The first-order valence-corrected chi connectivity index (χ1v) is 7.27. The molecular weight excluding hydrogens is 248 g/mol. The van der Waals surface area contributed by atoms with Gasteiger partial charge in [-0.3, -0.25) is 9.59 Å². The molecule has 3 N–H and O–H groups in total. The van der Waals surface area contributed by atoms with Crippen LogP contribution in [-0.4, -0.2) is 34.8 Å². The molecule has 18 heavy (non-hydrogen) atoms. The molecule has 0 aliphatic carbocycles. The molecule has 0 saturated heterocycles. The van der Waals surface area contributed by atoms with Crippen LogP contribution in [0.2, 0.25) is 0 Å². The Hall–Kier alpha value is -0.550. The summed E-state index contributed by atoms with van der Waals surface area (Å²) in [6, 6.07) is -0.400. The van der Waals surface area contributed by atoms with Crippen LogP contribution in [0.5, 0.6) is 0 Å². The quantitative estimate of drug-likeness (QED) is 0.771. The van der Waals surface area contributed by atoms with E-state index < -0.39 is 6.04 Å². The van der Waals surface area contributed by atoms with Gasteiger partial charge in [-0.15, -0.1) is 0 Å². The van der Waals surface area contributed by atoms with E-state index in [1.807, 2.05) is 41.5 Å². The molecule has 0 heterocycles. The Balaban J connectivity index is 4.23. The summed E-state index contributed by atoms with van der Waals surface area (Å²) in [5, 5.41) is 3.16. The van der Waals surface area contributed by atoms with E-state index in [1.165, 1.54) is 11.8 Å². The van der Waals surface area contributed by atoms with Crippen LogP contribution in [0.4, 0.5) is 0 Å². The van der Waals surface area contributed by atoms with Crippen molar-refractivity contribution in [2.24, 2.45) is 11.1 Å². The Morgan fingerprint density at radius 1 is 1.17 bits per heavy atom. The maximum Gasteiger partial charge on any atom is 0.235 e. The van der Waals surface area contributed by atoms with Gasteiger partial charge >= 0.3 is 0 Å². The van der Waals surface area contributed by atoms with Gasteiger partial charge in [0.25, 0.3) is 0 Å². The Morgan fingerprint density at radius 2 is 1.67 bits per heavy atom. The highest BCUT2D eigenvalue weighted by Crippen LogP contribution is 2.18. The average molecular weight is 274 g/mol. The van der Waals surface area contributed by atoms with E-state index in [0.29, 0.717) is 11.5 Å². The van der Waals surface area contributed by atoms with Crippen molar-refractivity contribution in [2.75, 3.05) is 11.5 Å². The molecule has 0 radical (unpaired) electrons. The highest BCUT2D eigenvalue weighted by Gasteiger charge is 2.24. The van der Waals surface area contributed by atoms with E-state index in [0.717, 1.165) is 0 Å². The minimum atomic E-state index is -0.400. The number of thioether (sulfide) groups is 1. The van der Waals surface area contributed by atoms with Crippen LogP contribution in [0.25, 0.3) is 0 Å². The summed E-state index contributed by atoms with van der Waals surface area (Å²) in [6.45, 7) is 11.6. The zero-order chi connectivity index (χ0) is 14.6. The maximum atomic E-state index is 11.7. The number of hydrogen-bond donors (Lipinski definition) is 2. The third-order valence-corrected chi connectivity index (χ3v) is 3.34. The zero-order valence-electron chi connectivity index (χ0n) is 12.3. The predicted octanol–water partition coefficient (Wildman–Crippen LogP) is 1.58. The van der Waals surface area contributed by atoms with Crippen molar-refractivity contribution in [1.82, 2.24) is 5.32 Å². The molecule has 0 rings (SSSR count). The Morgan fingerprint density at radius 3 is 2.00 bits per heavy atom. The fraction of sp³-hybridized carbons (Fsp3) is 0.846. The monoisotopic (exact) mass is 274 g/mol. The molecule has 4 nitrogen and oxygen atoms in total. The molecule has 0 aliphatic heterocycles. The molecule has 1 amide bonds. The number of primary amides is 1. The molecule has 5 heteroatoms. The van der Waals surface area contributed by atoms with Gasteiger partial charge in [0.1, 0.15) is 5.78 Å². The van der Waals surface area contributed by atoms with Crippen LogP contribution >= 0.6 is 11.8 Å². The number of amides is 1. The van der Waals surface area contributed by atoms with Gasteiger partial charge in [-0.05, 0) is 20.8 Å². The number of carbonyl (C=O) groups is 2. The lowest BCUT2D eigenvalue weighted by Crippen LogP contribution is -2.51. The van der Waals surface area contributed by atoms with Crippen molar-refractivity contribution in [3.63, 3.8) is 0 Å². The molecule has 0 aromatic rings. The van der Waals surface area contributed by atoms with Crippen molar-refractivity contribution >= 4 is 23.5 Å². The fourth-order valence-electron chi connectivity index (χ4n) is 1.20. The van der Waals surface area contributed by atoms with Crippen LogP contribution in [0.1, 0.15) is 41.5 Å². The second-order valence-electron chi connectivity index (χ2n) is 6.54. The van der Waals surface area contributed by atoms with Gasteiger partial charge < -0.3 is 11.1 Å². The minimum Gasteiger partial charge on any atom is -0.368 e. The number of Topliss-reactive ketones (excluding diaryl/α,β-unsaturated/α-hetero) is 1. The number of nitrogens with one attached hydrogen (secondary N) is 1. The predicted molar refractivity (Wildman–Crippen MR) is 77.7 cm³/mol. The molecular formula is C13H26N2O2S.